The smallest absolute Gasteiger partial charge is 0.151 e. The fraction of sp³-hybridized carbons (Fsp3) is 0.800. The molecular formula is C10H21ClSi. The fourth-order valence-electron chi connectivity index (χ4n) is 1.14. The molecule has 1 aliphatic carbocycles. The van der Waals surface area contributed by atoms with Gasteiger partial charge in [-0.25, -0.2) is 0 Å². The standard InChI is InChI=1S/C6H12.C4H9ClSi/c1-2-4-6-5-3-1;1-3-4(2)6-5/h1-6H2;3H,6H2,1-2H3. The van der Waals surface area contributed by atoms with Crippen LogP contribution >= 0.6 is 11.1 Å². The molecule has 0 aliphatic heterocycles. The Hall–Kier alpha value is 0.247. The Morgan fingerprint density at radius 2 is 1.42 bits per heavy atom. The molecule has 0 aromatic heterocycles. The third-order valence-electron chi connectivity index (χ3n) is 2.20. The first kappa shape index (κ1) is 12.2. The summed E-state index contributed by atoms with van der Waals surface area (Å²) in [4.78, 5) is 0. The van der Waals surface area contributed by atoms with E-state index in [1.807, 2.05) is 6.92 Å². The van der Waals surface area contributed by atoms with E-state index < -0.39 is 0 Å². The zero-order chi connectivity index (χ0) is 9.23. The zero-order valence-electron chi connectivity index (χ0n) is 8.41. The van der Waals surface area contributed by atoms with Gasteiger partial charge in [0.05, 0.1) is 0 Å². The highest BCUT2D eigenvalue weighted by atomic mass is 35.6. The molecule has 1 saturated carbocycles. The highest BCUT2D eigenvalue weighted by Crippen LogP contribution is 2.15. The van der Waals surface area contributed by atoms with Crippen LogP contribution in [0.25, 0.3) is 0 Å². The Morgan fingerprint density at radius 3 is 1.50 bits per heavy atom. The van der Waals surface area contributed by atoms with E-state index in [9.17, 15) is 0 Å². The molecule has 0 spiro atoms. The number of hydrogen-bond acceptors (Lipinski definition) is 0. The van der Waals surface area contributed by atoms with Crippen molar-refractivity contribution in [3.05, 3.63) is 11.3 Å². The van der Waals surface area contributed by atoms with E-state index >= 15 is 0 Å². The summed E-state index contributed by atoms with van der Waals surface area (Å²) in [6, 6.07) is 0. The molecule has 0 bridgehead atoms. The molecule has 0 atom stereocenters. The van der Waals surface area contributed by atoms with E-state index in [0.717, 1.165) is 0 Å². The first-order valence-electron chi connectivity index (χ1n) is 4.99. The van der Waals surface area contributed by atoms with Gasteiger partial charge in [-0.3, -0.25) is 0 Å². The molecule has 0 nitrogen and oxygen atoms in total. The average Bonchev–Trinajstić information content (AvgIpc) is 2.20. The molecule has 1 aliphatic rings. The predicted octanol–water partition coefficient (Wildman–Crippen LogP) is 3.57. The molecule has 0 amide bonds. The maximum atomic E-state index is 5.52. The minimum Gasteiger partial charge on any atom is -0.170 e. The van der Waals surface area contributed by atoms with Crippen molar-refractivity contribution in [3.63, 3.8) is 0 Å². The van der Waals surface area contributed by atoms with E-state index in [0.29, 0.717) is 0 Å². The quantitative estimate of drug-likeness (QED) is 0.453. The second kappa shape index (κ2) is 9.34. The lowest BCUT2D eigenvalue weighted by molar-refractivity contribution is 0.504. The summed E-state index contributed by atoms with van der Waals surface area (Å²) in [6.07, 6.45) is 11.1. The van der Waals surface area contributed by atoms with Crippen LogP contribution in [0, 0.1) is 0 Å². The molecule has 12 heavy (non-hydrogen) atoms. The zero-order valence-corrected chi connectivity index (χ0v) is 10.6. The van der Waals surface area contributed by atoms with Crippen molar-refractivity contribution in [1.82, 2.24) is 0 Å². The van der Waals surface area contributed by atoms with Crippen molar-refractivity contribution in [1.29, 1.82) is 0 Å². The van der Waals surface area contributed by atoms with Crippen LogP contribution in [0.2, 0.25) is 0 Å². The predicted molar refractivity (Wildman–Crippen MR) is 61.5 cm³/mol. The van der Waals surface area contributed by atoms with Crippen LogP contribution in [-0.2, 0) is 0 Å². The van der Waals surface area contributed by atoms with Gasteiger partial charge in [0.1, 0.15) is 0 Å². The summed E-state index contributed by atoms with van der Waals surface area (Å²) < 4.78 is 0. The Bertz CT molecular complexity index is 105. The number of hydrogen-bond donors (Lipinski definition) is 0. The molecule has 2 heteroatoms. The van der Waals surface area contributed by atoms with Gasteiger partial charge in [-0.05, 0) is 13.8 Å². The summed E-state index contributed by atoms with van der Waals surface area (Å²) in [5.74, 6) is 0. The summed E-state index contributed by atoms with van der Waals surface area (Å²) in [5.41, 5.74) is 0. The van der Waals surface area contributed by atoms with Crippen LogP contribution in [0.3, 0.4) is 0 Å². The third-order valence-corrected chi connectivity index (χ3v) is 4.30. The van der Waals surface area contributed by atoms with Crippen LogP contribution < -0.4 is 0 Å². The Morgan fingerprint density at radius 1 is 1.08 bits per heavy atom. The van der Waals surface area contributed by atoms with Gasteiger partial charge in [-0.1, -0.05) is 49.8 Å². The molecule has 0 saturated heterocycles. The summed E-state index contributed by atoms with van der Waals surface area (Å²) >= 11 is 5.52. The van der Waals surface area contributed by atoms with E-state index in [4.69, 9.17) is 11.1 Å². The van der Waals surface area contributed by atoms with Gasteiger partial charge in [0.15, 0.2) is 8.83 Å². The van der Waals surface area contributed by atoms with Crippen molar-refractivity contribution >= 4 is 19.9 Å². The second-order valence-corrected chi connectivity index (χ2v) is 5.57. The summed E-state index contributed by atoms with van der Waals surface area (Å²) in [7, 11) is -0.328. The topological polar surface area (TPSA) is 0 Å². The van der Waals surface area contributed by atoms with Gasteiger partial charge in [0.2, 0.25) is 0 Å². The van der Waals surface area contributed by atoms with Gasteiger partial charge in [0, 0.05) is 0 Å². The molecule has 0 heterocycles. The lowest BCUT2D eigenvalue weighted by Crippen LogP contribution is -1.85. The molecule has 0 radical (unpaired) electrons. The van der Waals surface area contributed by atoms with Gasteiger partial charge >= 0.3 is 0 Å². The van der Waals surface area contributed by atoms with Gasteiger partial charge < -0.3 is 0 Å². The van der Waals surface area contributed by atoms with E-state index in [-0.39, 0.29) is 8.83 Å². The monoisotopic (exact) mass is 204 g/mol. The summed E-state index contributed by atoms with van der Waals surface area (Å²) in [5, 5.41) is 1.37. The molecule has 0 unspecified atom stereocenters. The van der Waals surface area contributed by atoms with Crippen LogP contribution in [0.4, 0.5) is 0 Å². The Labute approximate surface area is 83.9 Å². The summed E-state index contributed by atoms with van der Waals surface area (Å²) in [6.45, 7) is 4.09. The molecule has 1 fully saturated rings. The van der Waals surface area contributed by atoms with Crippen LogP contribution in [0.15, 0.2) is 11.3 Å². The normalized spacial score (nSPS) is 19.1. The van der Waals surface area contributed by atoms with Crippen molar-refractivity contribution < 1.29 is 0 Å². The Balaban J connectivity index is 0.000000202. The van der Waals surface area contributed by atoms with E-state index in [1.54, 1.807) is 0 Å². The SMILES string of the molecule is C1CCCCC1.CC=C(C)[SiH2]Cl. The molecule has 0 N–H and O–H groups in total. The minimum absolute atomic E-state index is 0.328. The molecule has 0 aromatic carbocycles. The first-order chi connectivity index (χ1) is 5.81. The molecule has 72 valence electrons. The molecular weight excluding hydrogens is 184 g/mol. The van der Waals surface area contributed by atoms with Crippen molar-refractivity contribution in [3.8, 4) is 0 Å². The van der Waals surface area contributed by atoms with Crippen molar-refractivity contribution in [2.24, 2.45) is 0 Å². The van der Waals surface area contributed by atoms with Crippen LogP contribution in [0.1, 0.15) is 52.4 Å². The highest BCUT2D eigenvalue weighted by molar-refractivity contribution is 6.97. The lowest BCUT2D eigenvalue weighted by Gasteiger charge is -2.05. The molecule has 1 rings (SSSR count). The first-order valence-corrected chi connectivity index (χ1v) is 7.83. The average molecular weight is 205 g/mol. The number of rotatable bonds is 1. The minimum atomic E-state index is -0.328. The van der Waals surface area contributed by atoms with E-state index in [1.165, 1.54) is 43.7 Å². The highest BCUT2D eigenvalue weighted by Gasteiger charge is 1.95. The maximum absolute atomic E-state index is 5.52. The van der Waals surface area contributed by atoms with E-state index in [2.05, 4.69) is 13.0 Å². The number of allylic oxidation sites excluding steroid dienone is 2. The van der Waals surface area contributed by atoms with Crippen LogP contribution in [0.5, 0.6) is 0 Å². The van der Waals surface area contributed by atoms with Gasteiger partial charge in [0.25, 0.3) is 0 Å². The largest absolute Gasteiger partial charge is 0.170 e. The Kier molecular flexibility index (Phi) is 9.53. The van der Waals surface area contributed by atoms with Crippen molar-refractivity contribution in [2.45, 2.75) is 52.4 Å². The lowest BCUT2D eigenvalue weighted by atomic mass is 10.0. The van der Waals surface area contributed by atoms with Gasteiger partial charge in [-0.2, -0.15) is 11.1 Å². The van der Waals surface area contributed by atoms with Crippen molar-refractivity contribution in [2.75, 3.05) is 0 Å². The second-order valence-electron chi connectivity index (χ2n) is 3.39. The van der Waals surface area contributed by atoms with Gasteiger partial charge in [-0.15, -0.1) is 0 Å². The fourth-order valence-corrected chi connectivity index (χ4v) is 1.76. The number of halogens is 1. The third kappa shape index (κ3) is 8.34. The maximum Gasteiger partial charge on any atom is 0.151 e. The van der Waals surface area contributed by atoms with Crippen LogP contribution in [-0.4, -0.2) is 8.83 Å². The molecule has 0 aromatic rings.